The fraction of sp³-hybridized carbons (Fsp3) is 0.500. The minimum Gasteiger partial charge on any atom is -0.497 e. The summed E-state index contributed by atoms with van der Waals surface area (Å²) < 4.78 is 6.26. The number of aliphatic hydroxyl groups is 1. The maximum Gasteiger partial charge on any atom is 0.120 e. The van der Waals surface area contributed by atoms with Gasteiger partial charge in [0.15, 0.2) is 0 Å². The van der Waals surface area contributed by atoms with E-state index in [1.54, 1.807) is 7.11 Å². The monoisotopic (exact) mass is 270 g/mol. The molecular formula is C12H15BrO2. The number of benzene rings is 1. The maximum atomic E-state index is 10.0. The van der Waals surface area contributed by atoms with Crippen molar-refractivity contribution in [3.63, 3.8) is 0 Å². The first-order valence-electron chi connectivity index (χ1n) is 5.26. The topological polar surface area (TPSA) is 29.5 Å². The van der Waals surface area contributed by atoms with E-state index in [1.165, 1.54) is 5.56 Å². The van der Waals surface area contributed by atoms with Crippen LogP contribution in [0.5, 0.6) is 5.75 Å². The summed E-state index contributed by atoms with van der Waals surface area (Å²) in [6, 6.07) is 3.92. The summed E-state index contributed by atoms with van der Waals surface area (Å²) in [5.74, 6) is 0.807. The Balaban J connectivity index is 2.50. The Morgan fingerprint density at radius 2 is 2.20 bits per heavy atom. The molecule has 82 valence electrons. The van der Waals surface area contributed by atoms with Crippen molar-refractivity contribution in [1.29, 1.82) is 0 Å². The number of methoxy groups -OCH3 is 1. The fourth-order valence-electron chi connectivity index (χ4n) is 2.11. The molecule has 0 spiro atoms. The molecule has 1 atom stereocenters. The summed E-state index contributed by atoms with van der Waals surface area (Å²) in [5.41, 5.74) is 2.26. The van der Waals surface area contributed by atoms with Gasteiger partial charge in [-0.05, 0) is 42.5 Å². The molecule has 0 unspecified atom stereocenters. The zero-order valence-electron chi connectivity index (χ0n) is 8.79. The molecule has 3 heteroatoms. The molecule has 15 heavy (non-hydrogen) atoms. The van der Waals surface area contributed by atoms with Gasteiger partial charge in [0, 0.05) is 4.47 Å². The van der Waals surface area contributed by atoms with Crippen molar-refractivity contribution >= 4 is 15.9 Å². The third kappa shape index (κ3) is 2.18. The normalized spacial score (nSPS) is 20.6. The number of rotatable bonds is 1. The van der Waals surface area contributed by atoms with Crippen LogP contribution in [0.2, 0.25) is 0 Å². The molecule has 0 heterocycles. The molecule has 0 saturated heterocycles. The van der Waals surface area contributed by atoms with Crippen LogP contribution in [-0.2, 0) is 6.42 Å². The minimum atomic E-state index is -0.339. The van der Waals surface area contributed by atoms with Crippen molar-refractivity contribution in [1.82, 2.24) is 0 Å². The Hall–Kier alpha value is -0.540. The standard InChI is InChI=1S/C12H15BrO2/c1-15-8-6-10-9(11(13)7-8)4-2-3-5-12(10)14/h6-7,12,14H,2-5H2,1H3/t12-/m1/s1. The van der Waals surface area contributed by atoms with Gasteiger partial charge in [0.25, 0.3) is 0 Å². The van der Waals surface area contributed by atoms with E-state index in [1.807, 2.05) is 12.1 Å². The van der Waals surface area contributed by atoms with Crippen LogP contribution in [0.25, 0.3) is 0 Å². The van der Waals surface area contributed by atoms with Gasteiger partial charge in [0.05, 0.1) is 13.2 Å². The first-order chi connectivity index (χ1) is 7.22. The number of halogens is 1. The van der Waals surface area contributed by atoms with Crippen molar-refractivity contribution in [2.24, 2.45) is 0 Å². The zero-order chi connectivity index (χ0) is 10.8. The van der Waals surface area contributed by atoms with Gasteiger partial charge in [-0.1, -0.05) is 22.4 Å². The van der Waals surface area contributed by atoms with Crippen molar-refractivity contribution in [3.05, 3.63) is 27.7 Å². The van der Waals surface area contributed by atoms with Gasteiger partial charge in [-0.3, -0.25) is 0 Å². The molecule has 1 aromatic carbocycles. The van der Waals surface area contributed by atoms with Crippen molar-refractivity contribution in [3.8, 4) is 5.75 Å². The van der Waals surface area contributed by atoms with Crippen LogP contribution in [0.4, 0.5) is 0 Å². The largest absolute Gasteiger partial charge is 0.497 e. The van der Waals surface area contributed by atoms with Gasteiger partial charge < -0.3 is 9.84 Å². The third-order valence-corrected chi connectivity index (χ3v) is 3.66. The molecule has 1 N–H and O–H groups in total. The average molecular weight is 271 g/mol. The molecule has 2 nitrogen and oxygen atoms in total. The Kier molecular flexibility index (Phi) is 3.32. The van der Waals surface area contributed by atoms with E-state index in [9.17, 15) is 5.11 Å². The summed E-state index contributed by atoms with van der Waals surface area (Å²) in [5, 5.41) is 10.0. The lowest BCUT2D eigenvalue weighted by atomic mass is 10.0. The van der Waals surface area contributed by atoms with E-state index in [2.05, 4.69) is 15.9 Å². The van der Waals surface area contributed by atoms with E-state index in [-0.39, 0.29) is 6.10 Å². The van der Waals surface area contributed by atoms with Crippen LogP contribution in [0, 0.1) is 0 Å². The van der Waals surface area contributed by atoms with Crippen LogP contribution in [0.1, 0.15) is 36.5 Å². The molecular weight excluding hydrogens is 256 g/mol. The van der Waals surface area contributed by atoms with Gasteiger partial charge >= 0.3 is 0 Å². The zero-order valence-corrected chi connectivity index (χ0v) is 10.4. The van der Waals surface area contributed by atoms with Crippen LogP contribution < -0.4 is 4.74 Å². The Morgan fingerprint density at radius 1 is 1.40 bits per heavy atom. The molecule has 2 rings (SSSR count). The molecule has 0 aromatic heterocycles. The highest BCUT2D eigenvalue weighted by molar-refractivity contribution is 9.10. The summed E-state index contributed by atoms with van der Waals surface area (Å²) in [4.78, 5) is 0. The summed E-state index contributed by atoms with van der Waals surface area (Å²) in [6.07, 6.45) is 3.79. The second-order valence-corrected chi connectivity index (χ2v) is 4.79. The fourth-order valence-corrected chi connectivity index (χ4v) is 2.76. The average Bonchev–Trinajstić information content (AvgIpc) is 2.41. The van der Waals surface area contributed by atoms with E-state index in [0.29, 0.717) is 0 Å². The number of hydrogen-bond acceptors (Lipinski definition) is 2. The third-order valence-electron chi connectivity index (χ3n) is 2.95. The molecule has 0 saturated carbocycles. The number of fused-ring (bicyclic) bond motifs is 1. The van der Waals surface area contributed by atoms with E-state index < -0.39 is 0 Å². The van der Waals surface area contributed by atoms with Crippen molar-refractivity contribution < 1.29 is 9.84 Å². The maximum absolute atomic E-state index is 10.0. The van der Waals surface area contributed by atoms with Crippen LogP contribution in [0.3, 0.4) is 0 Å². The van der Waals surface area contributed by atoms with E-state index >= 15 is 0 Å². The summed E-state index contributed by atoms with van der Waals surface area (Å²) in [7, 11) is 1.65. The summed E-state index contributed by atoms with van der Waals surface area (Å²) >= 11 is 3.54. The quantitative estimate of drug-likeness (QED) is 0.795. The van der Waals surface area contributed by atoms with Crippen molar-refractivity contribution in [2.45, 2.75) is 31.8 Å². The molecule has 0 amide bonds. The molecule has 1 aliphatic carbocycles. The second-order valence-electron chi connectivity index (χ2n) is 3.94. The van der Waals surface area contributed by atoms with Crippen LogP contribution >= 0.6 is 15.9 Å². The minimum absolute atomic E-state index is 0.339. The number of hydrogen-bond donors (Lipinski definition) is 1. The van der Waals surface area contributed by atoms with Gasteiger partial charge in [0.1, 0.15) is 5.75 Å². The van der Waals surface area contributed by atoms with Crippen LogP contribution in [-0.4, -0.2) is 12.2 Å². The highest BCUT2D eigenvalue weighted by atomic mass is 79.9. The lowest BCUT2D eigenvalue weighted by Crippen LogP contribution is -2.00. The molecule has 1 aromatic rings. The van der Waals surface area contributed by atoms with Crippen molar-refractivity contribution in [2.75, 3.05) is 7.11 Å². The lowest BCUT2D eigenvalue weighted by molar-refractivity contribution is 0.166. The van der Waals surface area contributed by atoms with Gasteiger partial charge in [0.2, 0.25) is 0 Å². The first-order valence-corrected chi connectivity index (χ1v) is 6.06. The predicted molar refractivity (Wildman–Crippen MR) is 63.2 cm³/mol. The predicted octanol–water partition coefficient (Wildman–Crippen LogP) is 3.22. The number of ether oxygens (including phenoxy) is 1. The first kappa shape index (κ1) is 11.0. The molecule has 0 bridgehead atoms. The molecule has 0 radical (unpaired) electrons. The summed E-state index contributed by atoms with van der Waals surface area (Å²) in [6.45, 7) is 0. The number of aliphatic hydroxyl groups excluding tert-OH is 1. The lowest BCUT2D eigenvalue weighted by Gasteiger charge is -2.14. The highest BCUT2D eigenvalue weighted by Gasteiger charge is 2.19. The smallest absolute Gasteiger partial charge is 0.120 e. The van der Waals surface area contributed by atoms with Gasteiger partial charge in [-0.25, -0.2) is 0 Å². The SMILES string of the molecule is COc1cc(Br)c2c(c1)[C@H](O)CCCC2. The van der Waals surface area contributed by atoms with E-state index in [0.717, 1.165) is 41.5 Å². The Morgan fingerprint density at radius 3 is 2.93 bits per heavy atom. The second kappa shape index (κ2) is 4.54. The molecule has 0 fully saturated rings. The molecule has 1 aliphatic rings. The van der Waals surface area contributed by atoms with Gasteiger partial charge in [-0.15, -0.1) is 0 Å². The highest BCUT2D eigenvalue weighted by Crippen LogP contribution is 2.36. The van der Waals surface area contributed by atoms with E-state index in [4.69, 9.17) is 4.74 Å². The molecule has 0 aliphatic heterocycles. The van der Waals surface area contributed by atoms with Gasteiger partial charge in [-0.2, -0.15) is 0 Å². The van der Waals surface area contributed by atoms with Crippen LogP contribution in [0.15, 0.2) is 16.6 Å². The Labute approximate surface area is 98.4 Å². The Bertz CT molecular complexity index is 363.